The summed E-state index contributed by atoms with van der Waals surface area (Å²) < 4.78 is 5.26. The van der Waals surface area contributed by atoms with Gasteiger partial charge in [-0.2, -0.15) is 0 Å². The van der Waals surface area contributed by atoms with Gasteiger partial charge in [0.15, 0.2) is 0 Å². The van der Waals surface area contributed by atoms with Gasteiger partial charge in [0.1, 0.15) is 11.6 Å². The largest absolute Gasteiger partial charge is 0.459 e. The van der Waals surface area contributed by atoms with E-state index < -0.39 is 11.6 Å². The van der Waals surface area contributed by atoms with Gasteiger partial charge in [-0.1, -0.05) is 0 Å². The Morgan fingerprint density at radius 3 is 2.75 bits per heavy atom. The first-order valence-corrected chi connectivity index (χ1v) is 6.07. The van der Waals surface area contributed by atoms with Crippen LogP contribution in [0.4, 0.5) is 0 Å². The average molecular weight is 228 g/mol. The Morgan fingerprint density at radius 1 is 1.56 bits per heavy atom. The summed E-state index contributed by atoms with van der Waals surface area (Å²) in [6.45, 7) is 7.63. The Balaban J connectivity index is 2.33. The van der Waals surface area contributed by atoms with Crippen LogP contribution in [0.15, 0.2) is 0 Å². The normalized spacial score (nSPS) is 23.9. The molecule has 0 unspecified atom stereocenters. The number of hydrogen-bond acceptors (Lipinski definition) is 4. The van der Waals surface area contributed by atoms with E-state index >= 15 is 0 Å². The number of piperidine rings is 1. The molecule has 4 nitrogen and oxygen atoms in total. The van der Waals surface area contributed by atoms with Crippen LogP contribution in [0.2, 0.25) is 0 Å². The number of esters is 1. The van der Waals surface area contributed by atoms with Crippen molar-refractivity contribution in [3.63, 3.8) is 0 Å². The maximum absolute atomic E-state index is 11.7. The number of rotatable bonds is 3. The molecular formula is C12H24N2O2. The number of hydrogen-bond donors (Lipinski definition) is 2. The summed E-state index contributed by atoms with van der Waals surface area (Å²) in [5, 5.41) is 3.32. The van der Waals surface area contributed by atoms with Crippen molar-refractivity contribution in [1.82, 2.24) is 5.32 Å². The minimum Gasteiger partial charge on any atom is -0.459 e. The fourth-order valence-corrected chi connectivity index (χ4v) is 1.96. The van der Waals surface area contributed by atoms with Gasteiger partial charge in [0.05, 0.1) is 0 Å². The van der Waals surface area contributed by atoms with E-state index in [-0.39, 0.29) is 5.97 Å². The van der Waals surface area contributed by atoms with Gasteiger partial charge in [-0.25, -0.2) is 0 Å². The zero-order valence-electron chi connectivity index (χ0n) is 10.6. The first-order chi connectivity index (χ1) is 7.38. The predicted molar refractivity (Wildman–Crippen MR) is 64.0 cm³/mol. The molecule has 1 saturated heterocycles. The Kier molecular flexibility index (Phi) is 4.74. The molecule has 16 heavy (non-hydrogen) atoms. The van der Waals surface area contributed by atoms with Crippen LogP contribution in [-0.2, 0) is 9.53 Å². The molecule has 0 bridgehead atoms. The molecule has 0 saturated carbocycles. The number of ether oxygens (including phenoxy) is 1. The topological polar surface area (TPSA) is 64.3 Å². The molecule has 1 heterocycles. The Labute approximate surface area is 97.9 Å². The predicted octanol–water partition coefficient (Wildman–Crippen LogP) is 1.05. The minimum absolute atomic E-state index is 0.280. The zero-order valence-corrected chi connectivity index (χ0v) is 10.6. The van der Waals surface area contributed by atoms with Gasteiger partial charge in [0, 0.05) is 0 Å². The number of nitrogens with two attached hydrogens (primary N) is 1. The first kappa shape index (κ1) is 13.5. The van der Waals surface area contributed by atoms with Crippen molar-refractivity contribution < 1.29 is 9.53 Å². The molecule has 4 heteroatoms. The average Bonchev–Trinajstić information content (AvgIpc) is 2.16. The second-order valence-electron chi connectivity index (χ2n) is 5.59. The molecule has 0 aromatic carbocycles. The van der Waals surface area contributed by atoms with Crippen molar-refractivity contribution in [2.75, 3.05) is 13.1 Å². The highest BCUT2D eigenvalue weighted by atomic mass is 16.6. The second-order valence-corrected chi connectivity index (χ2v) is 5.59. The van der Waals surface area contributed by atoms with E-state index in [0.717, 1.165) is 25.9 Å². The minimum atomic E-state index is -0.482. The standard InChI is InChI=1S/C12H24N2O2/c1-12(2,3)16-11(15)10(13)7-9-5-4-6-14-8-9/h9-10,14H,4-8,13H2,1-3H3/t9-,10+/m0/s1. The lowest BCUT2D eigenvalue weighted by Crippen LogP contribution is -2.41. The third-order valence-corrected chi connectivity index (χ3v) is 2.70. The maximum Gasteiger partial charge on any atom is 0.323 e. The highest BCUT2D eigenvalue weighted by molar-refractivity contribution is 5.75. The van der Waals surface area contributed by atoms with E-state index in [0.29, 0.717) is 5.92 Å². The number of carbonyl (C=O) groups is 1. The van der Waals surface area contributed by atoms with Crippen LogP contribution in [0.3, 0.4) is 0 Å². The summed E-state index contributed by atoms with van der Waals surface area (Å²) in [5.41, 5.74) is 5.41. The van der Waals surface area contributed by atoms with E-state index in [1.165, 1.54) is 6.42 Å². The third-order valence-electron chi connectivity index (χ3n) is 2.70. The summed E-state index contributed by atoms with van der Waals surface area (Å²) in [6.07, 6.45) is 3.05. The van der Waals surface area contributed by atoms with Crippen LogP contribution in [0.25, 0.3) is 0 Å². The van der Waals surface area contributed by atoms with Crippen LogP contribution >= 0.6 is 0 Å². The number of carbonyl (C=O) groups excluding carboxylic acids is 1. The Bertz CT molecular complexity index is 230. The second kappa shape index (κ2) is 5.64. The van der Waals surface area contributed by atoms with E-state index in [1.54, 1.807) is 0 Å². The van der Waals surface area contributed by atoms with E-state index in [4.69, 9.17) is 10.5 Å². The molecule has 1 aliphatic heterocycles. The monoisotopic (exact) mass is 228 g/mol. The molecule has 3 N–H and O–H groups in total. The van der Waals surface area contributed by atoms with Crippen LogP contribution in [0.1, 0.15) is 40.0 Å². The molecular weight excluding hydrogens is 204 g/mol. The Hall–Kier alpha value is -0.610. The quantitative estimate of drug-likeness (QED) is 0.709. The molecule has 0 amide bonds. The van der Waals surface area contributed by atoms with Gasteiger partial charge in [0.2, 0.25) is 0 Å². The Morgan fingerprint density at radius 2 is 2.25 bits per heavy atom. The molecule has 0 aromatic rings. The lowest BCUT2D eigenvalue weighted by Gasteiger charge is -2.26. The molecule has 1 aliphatic rings. The fourth-order valence-electron chi connectivity index (χ4n) is 1.96. The molecule has 0 radical (unpaired) electrons. The summed E-state index contributed by atoms with van der Waals surface area (Å²) >= 11 is 0. The number of nitrogens with one attached hydrogen (secondary N) is 1. The highest BCUT2D eigenvalue weighted by Gasteiger charge is 2.25. The third kappa shape index (κ3) is 4.94. The van der Waals surface area contributed by atoms with Crippen molar-refractivity contribution in [2.45, 2.75) is 51.7 Å². The summed E-state index contributed by atoms with van der Waals surface area (Å²) in [5.74, 6) is 0.231. The fraction of sp³-hybridized carbons (Fsp3) is 0.917. The first-order valence-electron chi connectivity index (χ1n) is 6.07. The van der Waals surface area contributed by atoms with E-state index in [2.05, 4.69) is 5.32 Å². The summed E-state index contributed by atoms with van der Waals surface area (Å²) in [6, 6.07) is -0.482. The molecule has 2 atom stereocenters. The van der Waals surface area contributed by atoms with Crippen LogP contribution in [0, 0.1) is 5.92 Å². The van der Waals surface area contributed by atoms with Gasteiger partial charge in [-0.15, -0.1) is 0 Å². The van der Waals surface area contributed by atoms with Crippen LogP contribution in [-0.4, -0.2) is 30.7 Å². The van der Waals surface area contributed by atoms with Gasteiger partial charge >= 0.3 is 5.97 Å². The van der Waals surface area contributed by atoms with Crippen LogP contribution in [0.5, 0.6) is 0 Å². The molecule has 94 valence electrons. The molecule has 1 fully saturated rings. The molecule has 0 aromatic heterocycles. The summed E-state index contributed by atoms with van der Waals surface area (Å²) in [4.78, 5) is 11.7. The molecule has 1 rings (SSSR count). The van der Waals surface area contributed by atoms with E-state index in [1.807, 2.05) is 20.8 Å². The zero-order chi connectivity index (χ0) is 12.2. The van der Waals surface area contributed by atoms with Crippen molar-refractivity contribution in [3.8, 4) is 0 Å². The van der Waals surface area contributed by atoms with Gasteiger partial charge < -0.3 is 15.8 Å². The van der Waals surface area contributed by atoms with Crippen molar-refractivity contribution in [2.24, 2.45) is 11.7 Å². The van der Waals surface area contributed by atoms with Gasteiger partial charge in [-0.3, -0.25) is 4.79 Å². The molecule has 0 spiro atoms. The van der Waals surface area contributed by atoms with Crippen molar-refractivity contribution in [1.29, 1.82) is 0 Å². The maximum atomic E-state index is 11.7. The van der Waals surface area contributed by atoms with Crippen LogP contribution < -0.4 is 11.1 Å². The van der Waals surface area contributed by atoms with E-state index in [9.17, 15) is 4.79 Å². The SMILES string of the molecule is CC(C)(C)OC(=O)[C@H](N)C[C@@H]1CCCNC1. The highest BCUT2D eigenvalue weighted by Crippen LogP contribution is 2.17. The van der Waals surface area contributed by atoms with Gasteiger partial charge in [-0.05, 0) is 59.0 Å². The molecule has 0 aliphatic carbocycles. The van der Waals surface area contributed by atoms with Crippen molar-refractivity contribution >= 4 is 5.97 Å². The lowest BCUT2D eigenvalue weighted by atomic mass is 9.93. The smallest absolute Gasteiger partial charge is 0.323 e. The van der Waals surface area contributed by atoms with Crippen molar-refractivity contribution in [3.05, 3.63) is 0 Å². The summed E-state index contributed by atoms with van der Waals surface area (Å²) in [7, 11) is 0. The lowest BCUT2D eigenvalue weighted by molar-refractivity contribution is -0.156. The van der Waals surface area contributed by atoms with Gasteiger partial charge in [0.25, 0.3) is 0 Å².